The van der Waals surface area contributed by atoms with Gasteiger partial charge in [-0.2, -0.15) is 0 Å². The first-order valence-corrected chi connectivity index (χ1v) is 20.3. The van der Waals surface area contributed by atoms with Crippen LogP contribution in [-0.2, 0) is 6.42 Å². The van der Waals surface area contributed by atoms with E-state index in [2.05, 4.69) is 140 Å². The van der Waals surface area contributed by atoms with Gasteiger partial charge in [-0.1, -0.05) is 131 Å². The van der Waals surface area contributed by atoms with Gasteiger partial charge in [-0.15, -0.1) is 0 Å². The number of nitrogens with zero attached hydrogens (tertiary/aromatic N) is 2. The van der Waals surface area contributed by atoms with E-state index in [-0.39, 0.29) is 0 Å². The van der Waals surface area contributed by atoms with Crippen molar-refractivity contribution >= 4 is 28.5 Å². The molecule has 6 rings (SSSR count). The van der Waals surface area contributed by atoms with Gasteiger partial charge >= 0.3 is 0 Å². The molecule has 0 saturated heterocycles. The maximum atomic E-state index is 6.63. The highest BCUT2D eigenvalue weighted by molar-refractivity contribution is 6.02. The molecule has 0 fully saturated rings. The van der Waals surface area contributed by atoms with Crippen molar-refractivity contribution in [3.8, 4) is 16.8 Å². The van der Waals surface area contributed by atoms with Crippen LogP contribution in [0.15, 0.2) is 161 Å². The lowest BCUT2D eigenvalue weighted by molar-refractivity contribution is 0.791. The van der Waals surface area contributed by atoms with Crippen LogP contribution in [0.5, 0.6) is 0 Å². The van der Waals surface area contributed by atoms with Crippen LogP contribution in [0, 0.1) is 0 Å². The minimum absolute atomic E-state index is 0.525. The summed E-state index contributed by atoms with van der Waals surface area (Å²) in [7, 11) is 0. The van der Waals surface area contributed by atoms with E-state index in [1.54, 1.807) is 0 Å². The van der Waals surface area contributed by atoms with E-state index in [1.807, 2.05) is 52.8 Å². The summed E-state index contributed by atoms with van der Waals surface area (Å²) in [4.78, 5) is 4.98. The lowest BCUT2D eigenvalue weighted by atomic mass is 9.99. The molecule has 0 bridgehead atoms. The standard InChI is InChI=1S/C47H50N4.2C2H6/c1-4-6-16-34(3)38-21-15-23-45-42(32-38)43-33-39(35-17-13-10-14-18-35)26-31-46(43)51(45)41-28-24-36(25-29-41)44(30-27-40(48)22-7-5-2)50-47(49)37-19-11-8-9-12-20-37;2*1-2/h4-7,10-11,13-14,16-20,22,24-26,28-33H,8-9,12,15,21,23,27,48H2,1-3H3,(H2,49,50);2*1-2H3/b6-4-,7-5-,34-16+,40-22-,44-30-;;. The first kappa shape index (κ1) is 42.1. The van der Waals surface area contributed by atoms with Gasteiger partial charge in [-0.3, -0.25) is 0 Å². The van der Waals surface area contributed by atoms with Crippen molar-refractivity contribution in [1.82, 2.24) is 4.57 Å². The van der Waals surface area contributed by atoms with Gasteiger partial charge < -0.3 is 16.0 Å². The third kappa shape index (κ3) is 11.0. The molecule has 4 heteroatoms. The number of hydrogen-bond donors (Lipinski definition) is 2. The summed E-state index contributed by atoms with van der Waals surface area (Å²) in [5.41, 5.74) is 26.7. The summed E-state index contributed by atoms with van der Waals surface area (Å²) >= 11 is 0. The Labute approximate surface area is 331 Å². The molecule has 55 heavy (non-hydrogen) atoms. The Morgan fingerprint density at radius 2 is 1.53 bits per heavy atom. The molecule has 2 aliphatic rings. The molecule has 1 aromatic heterocycles. The number of allylic oxidation sites excluding steroid dienone is 11. The second-order valence-electron chi connectivity index (χ2n) is 13.3. The Morgan fingerprint density at radius 1 is 0.800 bits per heavy atom. The van der Waals surface area contributed by atoms with Gasteiger partial charge in [-0.05, 0) is 118 Å². The second-order valence-corrected chi connectivity index (χ2v) is 13.3. The molecule has 2 aliphatic carbocycles. The molecule has 0 radical (unpaired) electrons. The topological polar surface area (TPSA) is 69.3 Å². The van der Waals surface area contributed by atoms with E-state index >= 15 is 0 Å². The maximum absolute atomic E-state index is 6.63. The van der Waals surface area contributed by atoms with Crippen LogP contribution in [0.1, 0.15) is 104 Å². The highest BCUT2D eigenvalue weighted by Crippen LogP contribution is 2.38. The third-order valence-electron chi connectivity index (χ3n) is 9.67. The quantitative estimate of drug-likeness (QED) is 0.0969. The number of hydrogen-bond acceptors (Lipinski definition) is 2. The number of fused-ring (bicyclic) bond motifs is 3. The number of rotatable bonds is 10. The Kier molecular flexibility index (Phi) is 16.8. The molecule has 0 atom stereocenters. The van der Waals surface area contributed by atoms with Gasteiger partial charge in [-0.25, -0.2) is 4.99 Å². The van der Waals surface area contributed by atoms with Crippen LogP contribution in [0.2, 0.25) is 0 Å². The average Bonchev–Trinajstić information content (AvgIpc) is 3.46. The minimum atomic E-state index is 0.525. The summed E-state index contributed by atoms with van der Waals surface area (Å²) in [6.45, 7) is 14.3. The van der Waals surface area contributed by atoms with Crippen LogP contribution in [0.4, 0.5) is 0 Å². The fourth-order valence-electron chi connectivity index (χ4n) is 6.90. The van der Waals surface area contributed by atoms with Crippen molar-refractivity contribution in [2.75, 3.05) is 0 Å². The highest BCUT2D eigenvalue weighted by Gasteiger charge is 2.21. The summed E-state index contributed by atoms with van der Waals surface area (Å²) in [5.74, 6) is 0.525. The summed E-state index contributed by atoms with van der Waals surface area (Å²) in [6.07, 6.45) is 30.2. The number of aliphatic imine (C=N–C) groups is 1. The molecule has 0 saturated carbocycles. The zero-order valence-electron chi connectivity index (χ0n) is 34.3. The van der Waals surface area contributed by atoms with Crippen LogP contribution in [0.3, 0.4) is 0 Å². The molecule has 4 nitrogen and oxygen atoms in total. The van der Waals surface area contributed by atoms with Gasteiger partial charge in [0.25, 0.3) is 0 Å². The largest absolute Gasteiger partial charge is 0.402 e. The molecule has 0 spiro atoms. The van der Waals surface area contributed by atoms with Crippen LogP contribution in [0.25, 0.3) is 39.5 Å². The van der Waals surface area contributed by atoms with E-state index in [0.29, 0.717) is 12.3 Å². The Morgan fingerprint density at radius 3 is 2.25 bits per heavy atom. The van der Waals surface area contributed by atoms with Crippen molar-refractivity contribution in [3.05, 3.63) is 173 Å². The molecule has 0 amide bonds. The summed E-state index contributed by atoms with van der Waals surface area (Å²) < 4.78 is 2.47. The van der Waals surface area contributed by atoms with E-state index in [0.717, 1.165) is 66.7 Å². The fraction of sp³-hybridized carbons (Fsp3) is 0.275. The Balaban J connectivity index is 0.00000163. The molecule has 4 aromatic rings. The zero-order valence-corrected chi connectivity index (χ0v) is 34.3. The van der Waals surface area contributed by atoms with Gasteiger partial charge in [0.05, 0.1) is 11.2 Å². The molecule has 0 unspecified atom stereocenters. The maximum Gasteiger partial charge on any atom is 0.131 e. The zero-order chi connectivity index (χ0) is 39.6. The van der Waals surface area contributed by atoms with E-state index in [9.17, 15) is 0 Å². The fourth-order valence-corrected chi connectivity index (χ4v) is 6.90. The molecule has 286 valence electrons. The lowest BCUT2D eigenvalue weighted by Gasteiger charge is -2.13. The van der Waals surface area contributed by atoms with Gasteiger partial charge in [0.1, 0.15) is 5.84 Å². The van der Waals surface area contributed by atoms with Gasteiger partial charge in [0.2, 0.25) is 0 Å². The molecular weight excluding hydrogens is 669 g/mol. The van der Waals surface area contributed by atoms with Crippen molar-refractivity contribution < 1.29 is 0 Å². The van der Waals surface area contributed by atoms with Crippen molar-refractivity contribution in [1.29, 1.82) is 0 Å². The number of amidine groups is 1. The number of aromatic nitrogens is 1. The Bertz CT molecular complexity index is 2140. The minimum Gasteiger partial charge on any atom is -0.402 e. The van der Waals surface area contributed by atoms with Crippen molar-refractivity contribution in [3.63, 3.8) is 0 Å². The molecule has 3 aromatic carbocycles. The highest BCUT2D eigenvalue weighted by atomic mass is 15.0. The smallest absolute Gasteiger partial charge is 0.131 e. The van der Waals surface area contributed by atoms with Crippen LogP contribution >= 0.6 is 0 Å². The molecule has 0 aliphatic heterocycles. The first-order chi connectivity index (χ1) is 27.0. The van der Waals surface area contributed by atoms with E-state index in [1.165, 1.54) is 44.4 Å². The summed E-state index contributed by atoms with van der Waals surface area (Å²) in [6, 6.07) is 26.4. The monoisotopic (exact) mass is 730 g/mol. The predicted molar refractivity (Wildman–Crippen MR) is 243 cm³/mol. The first-order valence-electron chi connectivity index (χ1n) is 20.3. The normalized spacial score (nSPS) is 15.4. The molecule has 4 N–H and O–H groups in total. The lowest BCUT2D eigenvalue weighted by Crippen LogP contribution is -2.14. The van der Waals surface area contributed by atoms with Crippen molar-refractivity contribution in [2.45, 2.75) is 93.4 Å². The SMILES string of the molecule is C/C=C\C=C(/N)C/C=C(\N=C(N)C1=CCCCC=C1)c1ccc(-n2c3c(c4cc(-c5ccccc5)ccc42)C=C(/C(C)=C/C=C\C)CCC3)cc1.CC.CC. The number of nitrogens with two attached hydrogens (primary N) is 2. The van der Waals surface area contributed by atoms with Crippen LogP contribution in [-0.4, -0.2) is 10.4 Å². The van der Waals surface area contributed by atoms with E-state index < -0.39 is 0 Å². The third-order valence-corrected chi connectivity index (χ3v) is 9.67. The van der Waals surface area contributed by atoms with Gasteiger partial charge in [0.15, 0.2) is 0 Å². The molecule has 1 heterocycles. The van der Waals surface area contributed by atoms with Crippen molar-refractivity contribution in [2.24, 2.45) is 16.5 Å². The molecular formula is C51H62N4. The van der Waals surface area contributed by atoms with Crippen LogP contribution < -0.4 is 11.5 Å². The second kappa shape index (κ2) is 21.9. The summed E-state index contributed by atoms with van der Waals surface area (Å²) in [5, 5.41) is 1.28. The predicted octanol–water partition coefficient (Wildman–Crippen LogP) is 13.8. The Hall–Kier alpha value is -5.61. The van der Waals surface area contributed by atoms with E-state index in [4.69, 9.17) is 16.5 Å². The number of benzene rings is 3. The van der Waals surface area contributed by atoms with Gasteiger partial charge in [0, 0.05) is 45.6 Å². The average molecular weight is 731 g/mol.